The second kappa shape index (κ2) is 5.55. The summed E-state index contributed by atoms with van der Waals surface area (Å²) in [5.74, 6) is 0.582. The van der Waals surface area contributed by atoms with Gasteiger partial charge in [-0.05, 0) is 23.8 Å². The molecule has 0 aliphatic carbocycles. The van der Waals surface area contributed by atoms with Gasteiger partial charge in [-0.3, -0.25) is 13.9 Å². The molecule has 118 valence electrons. The number of aromatic nitrogens is 4. The fourth-order valence-electron chi connectivity index (χ4n) is 2.53. The maximum Gasteiger partial charge on any atom is 0.332 e. The minimum atomic E-state index is -0.402. The van der Waals surface area contributed by atoms with E-state index in [0.29, 0.717) is 16.5 Å². The van der Waals surface area contributed by atoms with E-state index in [1.54, 1.807) is 30.8 Å². The summed E-state index contributed by atoms with van der Waals surface area (Å²) < 4.78 is 4.19. The summed E-state index contributed by atoms with van der Waals surface area (Å²) >= 11 is 5.96. The number of aryl methyl sites for hydroxylation is 2. The predicted molar refractivity (Wildman–Crippen MR) is 91.6 cm³/mol. The Morgan fingerprint density at radius 3 is 2.48 bits per heavy atom. The van der Waals surface area contributed by atoms with E-state index in [1.807, 2.05) is 24.3 Å². The molecule has 2 aromatic heterocycles. The molecule has 0 saturated carbocycles. The molecule has 1 aromatic carbocycles. The number of hydrogen-bond donors (Lipinski definition) is 0. The Labute approximate surface area is 136 Å². The fraction of sp³-hybridized carbons (Fsp3) is 0.188. The topological polar surface area (TPSA) is 61.8 Å². The van der Waals surface area contributed by atoms with Crippen LogP contribution in [0.15, 0.2) is 33.9 Å². The molecule has 0 saturated heterocycles. The van der Waals surface area contributed by atoms with E-state index in [-0.39, 0.29) is 11.2 Å². The first-order chi connectivity index (χ1) is 10.9. The Morgan fingerprint density at radius 2 is 1.78 bits per heavy atom. The molecule has 3 rings (SSSR count). The lowest BCUT2D eigenvalue weighted by molar-refractivity contribution is 0.697. The number of halogens is 1. The number of benzene rings is 1. The zero-order valence-electron chi connectivity index (χ0n) is 12.9. The Morgan fingerprint density at radius 1 is 1.04 bits per heavy atom. The predicted octanol–water partition coefficient (Wildman–Crippen LogP) is 1.79. The summed E-state index contributed by atoms with van der Waals surface area (Å²) in [6.07, 6.45) is 3.64. The summed E-state index contributed by atoms with van der Waals surface area (Å²) in [6.45, 7) is 0. The van der Waals surface area contributed by atoms with Crippen molar-refractivity contribution in [3.05, 3.63) is 61.5 Å². The summed E-state index contributed by atoms with van der Waals surface area (Å²) in [5, 5.41) is 0.647. The highest BCUT2D eigenvalue weighted by molar-refractivity contribution is 6.30. The van der Waals surface area contributed by atoms with Gasteiger partial charge in [-0.1, -0.05) is 29.8 Å². The average molecular weight is 331 g/mol. The first-order valence-corrected chi connectivity index (χ1v) is 7.34. The van der Waals surface area contributed by atoms with Crippen LogP contribution in [-0.4, -0.2) is 18.7 Å². The highest BCUT2D eigenvalue weighted by Gasteiger charge is 2.15. The maximum atomic E-state index is 12.2. The highest BCUT2D eigenvalue weighted by Crippen LogP contribution is 2.15. The fourth-order valence-corrected chi connectivity index (χ4v) is 2.72. The van der Waals surface area contributed by atoms with Crippen molar-refractivity contribution in [2.75, 3.05) is 0 Å². The SMILES string of the molecule is Cn1c(=O)c2nc(C=Cc3cccc(Cl)c3)n(C)c2n(C)c1=O. The van der Waals surface area contributed by atoms with Crippen molar-refractivity contribution in [3.63, 3.8) is 0 Å². The van der Waals surface area contributed by atoms with Gasteiger partial charge in [-0.2, -0.15) is 0 Å². The van der Waals surface area contributed by atoms with Crippen LogP contribution in [0.4, 0.5) is 0 Å². The van der Waals surface area contributed by atoms with E-state index in [4.69, 9.17) is 11.6 Å². The molecule has 0 radical (unpaired) electrons. The van der Waals surface area contributed by atoms with Crippen LogP contribution in [0.5, 0.6) is 0 Å². The minimum absolute atomic E-state index is 0.267. The molecule has 0 aliphatic rings. The lowest BCUT2D eigenvalue weighted by Crippen LogP contribution is -2.37. The summed E-state index contributed by atoms with van der Waals surface area (Å²) in [4.78, 5) is 28.6. The van der Waals surface area contributed by atoms with Gasteiger partial charge >= 0.3 is 5.69 Å². The maximum absolute atomic E-state index is 12.2. The standard InChI is InChI=1S/C16H15ClN4O2/c1-19-12(8-7-10-5-4-6-11(17)9-10)18-13-14(19)20(2)16(23)21(3)15(13)22/h4-9H,1-3H3. The molecule has 0 N–H and O–H groups in total. The molecule has 0 aliphatic heterocycles. The van der Waals surface area contributed by atoms with Crippen LogP contribution in [0.1, 0.15) is 11.4 Å². The minimum Gasteiger partial charge on any atom is -0.313 e. The van der Waals surface area contributed by atoms with Crippen molar-refractivity contribution in [1.82, 2.24) is 18.7 Å². The first-order valence-electron chi connectivity index (χ1n) is 6.96. The lowest BCUT2D eigenvalue weighted by Gasteiger charge is -2.05. The third kappa shape index (κ3) is 2.51. The molecule has 3 aromatic rings. The molecule has 0 bridgehead atoms. The number of rotatable bonds is 2. The molecule has 0 spiro atoms. The Balaban J connectivity index is 2.19. The lowest BCUT2D eigenvalue weighted by atomic mass is 10.2. The van der Waals surface area contributed by atoms with Crippen LogP contribution >= 0.6 is 11.6 Å². The molecule has 23 heavy (non-hydrogen) atoms. The third-order valence-electron chi connectivity index (χ3n) is 3.77. The van der Waals surface area contributed by atoms with Gasteiger partial charge in [0.15, 0.2) is 5.52 Å². The van der Waals surface area contributed by atoms with Crippen molar-refractivity contribution in [2.45, 2.75) is 0 Å². The molecule has 0 fully saturated rings. The van der Waals surface area contributed by atoms with Gasteiger partial charge in [0.25, 0.3) is 5.56 Å². The van der Waals surface area contributed by atoms with E-state index in [0.717, 1.165) is 10.1 Å². The van der Waals surface area contributed by atoms with Crippen LogP contribution in [-0.2, 0) is 21.1 Å². The van der Waals surface area contributed by atoms with Gasteiger partial charge in [-0.25, -0.2) is 9.78 Å². The van der Waals surface area contributed by atoms with Crippen molar-refractivity contribution in [3.8, 4) is 0 Å². The van der Waals surface area contributed by atoms with E-state index in [2.05, 4.69) is 4.98 Å². The molecule has 2 heterocycles. The van der Waals surface area contributed by atoms with Crippen LogP contribution in [0.2, 0.25) is 5.02 Å². The molecule has 0 atom stereocenters. The van der Waals surface area contributed by atoms with Gasteiger partial charge in [0.2, 0.25) is 0 Å². The largest absolute Gasteiger partial charge is 0.332 e. The molecule has 7 heteroatoms. The third-order valence-corrected chi connectivity index (χ3v) is 4.01. The van der Waals surface area contributed by atoms with E-state index < -0.39 is 5.56 Å². The van der Waals surface area contributed by atoms with Crippen LogP contribution < -0.4 is 11.2 Å². The number of fused-ring (bicyclic) bond motifs is 1. The van der Waals surface area contributed by atoms with Crippen LogP contribution in [0.3, 0.4) is 0 Å². The van der Waals surface area contributed by atoms with Crippen molar-refractivity contribution in [1.29, 1.82) is 0 Å². The molecular formula is C16H15ClN4O2. The normalized spacial score (nSPS) is 11.7. The smallest absolute Gasteiger partial charge is 0.313 e. The zero-order chi connectivity index (χ0) is 16.7. The number of hydrogen-bond acceptors (Lipinski definition) is 3. The molecule has 0 unspecified atom stereocenters. The highest BCUT2D eigenvalue weighted by atomic mass is 35.5. The molecule has 0 amide bonds. The van der Waals surface area contributed by atoms with Gasteiger partial charge < -0.3 is 4.57 Å². The van der Waals surface area contributed by atoms with Gasteiger partial charge in [0.05, 0.1) is 0 Å². The average Bonchev–Trinajstić information content (AvgIpc) is 2.86. The van der Waals surface area contributed by atoms with Crippen LogP contribution in [0, 0.1) is 0 Å². The monoisotopic (exact) mass is 330 g/mol. The van der Waals surface area contributed by atoms with E-state index >= 15 is 0 Å². The summed E-state index contributed by atoms with van der Waals surface area (Å²) in [7, 11) is 4.84. The summed E-state index contributed by atoms with van der Waals surface area (Å²) in [5.41, 5.74) is 0.898. The number of nitrogens with zero attached hydrogens (tertiary/aromatic N) is 4. The van der Waals surface area contributed by atoms with Crippen LogP contribution in [0.25, 0.3) is 23.3 Å². The second-order valence-corrected chi connectivity index (χ2v) is 5.73. The Hall–Kier alpha value is -2.60. The number of imidazole rings is 1. The van der Waals surface area contributed by atoms with Crippen molar-refractivity contribution in [2.24, 2.45) is 21.1 Å². The van der Waals surface area contributed by atoms with Gasteiger partial charge in [-0.15, -0.1) is 0 Å². The summed E-state index contributed by atoms with van der Waals surface area (Å²) in [6, 6.07) is 7.40. The quantitative estimate of drug-likeness (QED) is 0.719. The molecular weight excluding hydrogens is 316 g/mol. The van der Waals surface area contributed by atoms with Gasteiger partial charge in [0, 0.05) is 26.2 Å². The van der Waals surface area contributed by atoms with Gasteiger partial charge in [0.1, 0.15) is 11.5 Å². The Bertz CT molecular complexity index is 1060. The van der Waals surface area contributed by atoms with E-state index in [9.17, 15) is 9.59 Å². The van der Waals surface area contributed by atoms with E-state index in [1.165, 1.54) is 11.6 Å². The zero-order valence-corrected chi connectivity index (χ0v) is 13.7. The molecule has 6 nitrogen and oxygen atoms in total. The van der Waals surface area contributed by atoms with Crippen molar-refractivity contribution >= 4 is 34.9 Å². The second-order valence-electron chi connectivity index (χ2n) is 5.30. The Kier molecular flexibility index (Phi) is 3.69. The van der Waals surface area contributed by atoms with Crippen molar-refractivity contribution < 1.29 is 0 Å². The first kappa shape index (κ1) is 15.3.